The largest absolute Gasteiger partial charge is 0.383 e. The van der Waals surface area contributed by atoms with E-state index >= 15 is 0 Å². The Kier molecular flexibility index (Phi) is 5.30. The van der Waals surface area contributed by atoms with Gasteiger partial charge in [-0.05, 0) is 43.5 Å². The molecule has 0 radical (unpaired) electrons. The molecule has 1 aliphatic rings. The Balaban J connectivity index is 1.99. The standard InChI is InChI=1S/C18H22ClN5O/c1-5-13(9-25-4)22-18-17-16(20-11(3)21-18)15(23-24-17)14-7-6-12(19)8-10(14)2/h6-8,13,15H,5,9H2,1-4H3,(H,20,21,22). The van der Waals surface area contributed by atoms with Crippen LogP contribution in [-0.2, 0) is 4.74 Å². The van der Waals surface area contributed by atoms with E-state index in [1.54, 1.807) is 7.11 Å². The fourth-order valence-electron chi connectivity index (χ4n) is 2.96. The summed E-state index contributed by atoms with van der Waals surface area (Å²) in [6, 6.07) is 5.73. The summed E-state index contributed by atoms with van der Waals surface area (Å²) in [7, 11) is 1.69. The monoisotopic (exact) mass is 359 g/mol. The van der Waals surface area contributed by atoms with Gasteiger partial charge in [0, 0.05) is 12.1 Å². The highest BCUT2D eigenvalue weighted by atomic mass is 35.5. The first-order chi connectivity index (χ1) is 12.0. The lowest BCUT2D eigenvalue weighted by atomic mass is 9.99. The van der Waals surface area contributed by atoms with Gasteiger partial charge < -0.3 is 10.1 Å². The summed E-state index contributed by atoms with van der Waals surface area (Å²) in [4.78, 5) is 9.14. The van der Waals surface area contributed by atoms with E-state index in [4.69, 9.17) is 16.3 Å². The minimum Gasteiger partial charge on any atom is -0.383 e. The van der Waals surface area contributed by atoms with Gasteiger partial charge >= 0.3 is 0 Å². The summed E-state index contributed by atoms with van der Waals surface area (Å²) in [5.74, 6) is 1.40. The highest BCUT2D eigenvalue weighted by Gasteiger charge is 2.29. The zero-order valence-corrected chi connectivity index (χ0v) is 15.6. The summed E-state index contributed by atoms with van der Waals surface area (Å²) in [6.45, 7) is 6.61. The first-order valence-corrected chi connectivity index (χ1v) is 8.72. The van der Waals surface area contributed by atoms with Crippen LogP contribution in [0.3, 0.4) is 0 Å². The smallest absolute Gasteiger partial charge is 0.158 e. The fourth-order valence-corrected chi connectivity index (χ4v) is 3.19. The van der Waals surface area contributed by atoms with E-state index in [0.29, 0.717) is 29.0 Å². The molecule has 1 aromatic heterocycles. The summed E-state index contributed by atoms with van der Waals surface area (Å²) in [5, 5.41) is 13.0. The van der Waals surface area contributed by atoms with Crippen molar-refractivity contribution in [1.29, 1.82) is 0 Å². The topological polar surface area (TPSA) is 71.8 Å². The lowest BCUT2D eigenvalue weighted by Crippen LogP contribution is -2.25. The molecule has 6 nitrogen and oxygen atoms in total. The van der Waals surface area contributed by atoms with E-state index in [0.717, 1.165) is 23.2 Å². The molecular weight excluding hydrogens is 338 g/mol. The van der Waals surface area contributed by atoms with Crippen molar-refractivity contribution >= 4 is 23.1 Å². The zero-order chi connectivity index (χ0) is 18.0. The van der Waals surface area contributed by atoms with E-state index in [9.17, 15) is 0 Å². The van der Waals surface area contributed by atoms with Gasteiger partial charge in [-0.15, -0.1) is 5.11 Å². The van der Waals surface area contributed by atoms with Crippen LogP contribution in [0.4, 0.5) is 11.5 Å². The van der Waals surface area contributed by atoms with Gasteiger partial charge in [0.15, 0.2) is 11.5 Å². The maximum atomic E-state index is 6.08. The number of halogens is 1. The van der Waals surface area contributed by atoms with Gasteiger partial charge in [0.1, 0.15) is 17.6 Å². The second-order valence-corrected chi connectivity index (χ2v) is 6.61. The molecule has 0 spiro atoms. The van der Waals surface area contributed by atoms with Crippen molar-refractivity contribution in [3.63, 3.8) is 0 Å². The molecule has 1 aliphatic heterocycles. The molecule has 3 rings (SSSR count). The minimum absolute atomic E-state index is 0.162. The first kappa shape index (κ1) is 17.8. The number of anilines is 1. The Labute approximate surface area is 152 Å². The second-order valence-electron chi connectivity index (χ2n) is 6.18. The molecule has 0 bridgehead atoms. The molecule has 132 valence electrons. The molecule has 1 aromatic carbocycles. The maximum absolute atomic E-state index is 6.08. The molecular formula is C18H22ClN5O. The number of rotatable bonds is 6. The molecule has 2 atom stereocenters. The summed E-state index contributed by atoms with van der Waals surface area (Å²) in [6.07, 6.45) is 0.919. The predicted molar refractivity (Wildman–Crippen MR) is 98.9 cm³/mol. The predicted octanol–water partition coefficient (Wildman–Crippen LogP) is 4.77. The van der Waals surface area contributed by atoms with Crippen molar-refractivity contribution in [1.82, 2.24) is 9.97 Å². The van der Waals surface area contributed by atoms with Crippen LogP contribution in [0.5, 0.6) is 0 Å². The zero-order valence-electron chi connectivity index (χ0n) is 14.9. The van der Waals surface area contributed by atoms with Crippen LogP contribution in [0.25, 0.3) is 0 Å². The van der Waals surface area contributed by atoms with Crippen molar-refractivity contribution in [2.24, 2.45) is 10.2 Å². The van der Waals surface area contributed by atoms with Crippen LogP contribution < -0.4 is 5.32 Å². The van der Waals surface area contributed by atoms with Crippen LogP contribution in [0, 0.1) is 13.8 Å². The SMILES string of the molecule is CCC(COC)Nc1nc(C)nc2c1N=NC2c1ccc(Cl)cc1C. The molecule has 7 heteroatoms. The molecule has 0 fully saturated rings. The molecule has 0 saturated carbocycles. The number of aryl methyl sites for hydroxylation is 2. The van der Waals surface area contributed by atoms with E-state index < -0.39 is 0 Å². The number of methoxy groups -OCH3 is 1. The van der Waals surface area contributed by atoms with Gasteiger partial charge in [0.05, 0.1) is 12.6 Å². The van der Waals surface area contributed by atoms with Gasteiger partial charge in [-0.1, -0.05) is 24.6 Å². The summed E-state index contributed by atoms with van der Waals surface area (Å²) in [5.41, 5.74) is 3.66. The molecule has 2 aromatic rings. The lowest BCUT2D eigenvalue weighted by Gasteiger charge is -2.18. The van der Waals surface area contributed by atoms with Gasteiger partial charge in [0.2, 0.25) is 0 Å². The number of hydrogen-bond donors (Lipinski definition) is 1. The fraction of sp³-hybridized carbons (Fsp3) is 0.444. The van der Waals surface area contributed by atoms with Crippen LogP contribution in [0.2, 0.25) is 5.02 Å². The van der Waals surface area contributed by atoms with E-state index in [2.05, 4.69) is 32.4 Å². The van der Waals surface area contributed by atoms with Gasteiger partial charge in [-0.3, -0.25) is 0 Å². The molecule has 25 heavy (non-hydrogen) atoms. The first-order valence-electron chi connectivity index (χ1n) is 8.34. The summed E-state index contributed by atoms with van der Waals surface area (Å²) < 4.78 is 5.26. The Morgan fingerprint density at radius 2 is 2.08 bits per heavy atom. The van der Waals surface area contributed by atoms with Gasteiger partial charge in [0.25, 0.3) is 0 Å². The second kappa shape index (κ2) is 7.45. The van der Waals surface area contributed by atoms with Gasteiger partial charge in [-0.2, -0.15) is 5.11 Å². The number of benzene rings is 1. The number of nitrogens with one attached hydrogen (secondary N) is 1. The average molecular weight is 360 g/mol. The highest BCUT2D eigenvalue weighted by Crippen LogP contribution is 2.43. The van der Waals surface area contributed by atoms with Gasteiger partial charge in [-0.25, -0.2) is 9.97 Å². The molecule has 0 saturated heterocycles. The van der Waals surface area contributed by atoms with Crippen molar-refractivity contribution < 1.29 is 4.74 Å². The van der Waals surface area contributed by atoms with Crippen LogP contribution >= 0.6 is 11.6 Å². The lowest BCUT2D eigenvalue weighted by molar-refractivity contribution is 0.184. The molecule has 0 amide bonds. The third-order valence-electron chi connectivity index (χ3n) is 4.28. The van der Waals surface area contributed by atoms with E-state index in [1.807, 2.05) is 32.0 Å². The number of hydrogen-bond acceptors (Lipinski definition) is 6. The molecule has 2 unspecified atom stereocenters. The van der Waals surface area contributed by atoms with Crippen molar-refractivity contribution in [2.45, 2.75) is 39.3 Å². The van der Waals surface area contributed by atoms with Crippen LogP contribution in [0.1, 0.15) is 42.0 Å². The van der Waals surface area contributed by atoms with Crippen molar-refractivity contribution in [3.8, 4) is 0 Å². The normalized spacial score (nSPS) is 16.8. The number of ether oxygens (including phenoxy) is 1. The molecule has 2 heterocycles. The number of nitrogens with zero attached hydrogens (tertiary/aromatic N) is 4. The van der Waals surface area contributed by atoms with E-state index in [1.165, 1.54) is 0 Å². The van der Waals surface area contributed by atoms with Crippen molar-refractivity contribution in [3.05, 3.63) is 45.9 Å². The maximum Gasteiger partial charge on any atom is 0.158 e. The van der Waals surface area contributed by atoms with Crippen LogP contribution in [0.15, 0.2) is 28.4 Å². The summed E-state index contributed by atoms with van der Waals surface area (Å²) >= 11 is 6.08. The van der Waals surface area contributed by atoms with E-state index in [-0.39, 0.29) is 12.1 Å². The Morgan fingerprint density at radius 1 is 1.28 bits per heavy atom. The van der Waals surface area contributed by atoms with Crippen LogP contribution in [-0.4, -0.2) is 29.7 Å². The van der Waals surface area contributed by atoms with Crippen molar-refractivity contribution in [2.75, 3.05) is 19.0 Å². The molecule has 0 aliphatic carbocycles. The average Bonchev–Trinajstić information content (AvgIpc) is 2.98. The Morgan fingerprint density at radius 3 is 2.76 bits per heavy atom. The molecule has 1 N–H and O–H groups in total. The Bertz CT molecular complexity index is 808. The quantitative estimate of drug-likeness (QED) is 0.806. The minimum atomic E-state index is -0.225. The third-order valence-corrected chi connectivity index (χ3v) is 4.52. The number of fused-ring (bicyclic) bond motifs is 1. The third kappa shape index (κ3) is 3.65. The Hall–Kier alpha value is -2.05. The number of azo groups is 1. The number of aromatic nitrogens is 2. The highest BCUT2D eigenvalue weighted by molar-refractivity contribution is 6.30.